The Labute approximate surface area is 124 Å². The number of unbranched alkanes of at least 4 members (excludes halogenated alkanes) is 11. The molecule has 0 N–H and O–H groups in total. The quantitative estimate of drug-likeness (QED) is 0.183. The van der Waals surface area contributed by atoms with E-state index < -0.39 is 0 Å². The van der Waals surface area contributed by atoms with Crippen molar-refractivity contribution >= 4 is 15.9 Å². The van der Waals surface area contributed by atoms with Crippen molar-refractivity contribution < 1.29 is 0 Å². The predicted molar refractivity (Wildman–Crippen MR) is 88.6 cm³/mol. The van der Waals surface area contributed by atoms with E-state index in [-0.39, 0.29) is 0 Å². The molecule has 0 bridgehead atoms. The Bertz CT molecular complexity index is 163. The van der Waals surface area contributed by atoms with Crippen molar-refractivity contribution in [2.24, 2.45) is 0 Å². The Morgan fingerprint density at radius 2 is 1.06 bits per heavy atom. The SMILES string of the molecule is CCCCCC/C=C/CCCCCCCCCBr. The van der Waals surface area contributed by atoms with Gasteiger partial charge in [0.15, 0.2) is 0 Å². The molecule has 0 aliphatic rings. The summed E-state index contributed by atoms with van der Waals surface area (Å²) in [5.41, 5.74) is 0. The van der Waals surface area contributed by atoms with Gasteiger partial charge in [-0.1, -0.05) is 86.4 Å². The van der Waals surface area contributed by atoms with Crippen LogP contribution in [-0.2, 0) is 0 Å². The fourth-order valence-corrected chi connectivity index (χ4v) is 2.56. The highest BCUT2D eigenvalue weighted by atomic mass is 79.9. The second kappa shape index (κ2) is 17.2. The molecule has 0 unspecified atom stereocenters. The van der Waals surface area contributed by atoms with E-state index in [0.717, 1.165) is 0 Å². The Hall–Kier alpha value is 0.220. The fourth-order valence-electron chi connectivity index (χ4n) is 2.17. The van der Waals surface area contributed by atoms with Crippen molar-refractivity contribution in [1.82, 2.24) is 0 Å². The van der Waals surface area contributed by atoms with E-state index in [1.54, 1.807) is 0 Å². The van der Waals surface area contributed by atoms with Crippen LogP contribution in [0.5, 0.6) is 0 Å². The molecule has 0 aromatic rings. The molecule has 0 saturated heterocycles. The van der Waals surface area contributed by atoms with Crippen molar-refractivity contribution in [3.63, 3.8) is 0 Å². The average Bonchev–Trinajstić information content (AvgIpc) is 2.39. The van der Waals surface area contributed by atoms with Gasteiger partial charge in [0.2, 0.25) is 0 Å². The van der Waals surface area contributed by atoms with E-state index in [4.69, 9.17) is 0 Å². The maximum Gasteiger partial charge on any atom is 0.00313 e. The van der Waals surface area contributed by atoms with Gasteiger partial charge in [-0.2, -0.15) is 0 Å². The molecule has 0 radical (unpaired) electrons. The molecular formula is C17H33Br. The first-order valence-electron chi connectivity index (χ1n) is 8.12. The third-order valence-corrected chi connectivity index (χ3v) is 3.96. The highest BCUT2D eigenvalue weighted by molar-refractivity contribution is 9.09. The molecule has 0 aliphatic carbocycles. The van der Waals surface area contributed by atoms with Gasteiger partial charge in [0.25, 0.3) is 0 Å². The molecule has 0 rings (SSSR count). The summed E-state index contributed by atoms with van der Waals surface area (Å²) in [5, 5.41) is 1.18. The molecule has 0 spiro atoms. The predicted octanol–water partition coefficient (Wildman–Crippen LogP) is 7.03. The van der Waals surface area contributed by atoms with Crippen LogP contribution in [0.1, 0.15) is 90.4 Å². The lowest BCUT2D eigenvalue weighted by Gasteiger charge is -1.99. The van der Waals surface area contributed by atoms with Gasteiger partial charge in [-0.25, -0.2) is 0 Å². The molecular weight excluding hydrogens is 284 g/mol. The number of hydrogen-bond donors (Lipinski definition) is 0. The molecule has 18 heavy (non-hydrogen) atoms. The minimum Gasteiger partial charge on any atom is -0.0928 e. The van der Waals surface area contributed by atoms with Crippen LogP contribution in [0, 0.1) is 0 Å². The van der Waals surface area contributed by atoms with Crippen LogP contribution in [0.15, 0.2) is 12.2 Å². The molecule has 0 aliphatic heterocycles. The van der Waals surface area contributed by atoms with Crippen LogP contribution in [0.2, 0.25) is 0 Å². The van der Waals surface area contributed by atoms with E-state index in [1.165, 1.54) is 88.8 Å². The maximum absolute atomic E-state index is 3.48. The molecule has 1 heteroatoms. The Balaban J connectivity index is 2.99. The first-order chi connectivity index (χ1) is 8.91. The summed E-state index contributed by atoms with van der Waals surface area (Å²) in [7, 11) is 0. The van der Waals surface area contributed by atoms with Gasteiger partial charge in [0.1, 0.15) is 0 Å². The van der Waals surface area contributed by atoms with Gasteiger partial charge in [0, 0.05) is 5.33 Å². The summed E-state index contributed by atoms with van der Waals surface area (Å²) >= 11 is 3.48. The zero-order valence-electron chi connectivity index (χ0n) is 12.4. The van der Waals surface area contributed by atoms with E-state index >= 15 is 0 Å². The van der Waals surface area contributed by atoms with Crippen molar-refractivity contribution in [3.8, 4) is 0 Å². The smallest absolute Gasteiger partial charge is 0.00313 e. The van der Waals surface area contributed by atoms with E-state index in [2.05, 4.69) is 35.0 Å². The molecule has 0 aromatic carbocycles. The lowest BCUT2D eigenvalue weighted by atomic mass is 10.1. The first-order valence-corrected chi connectivity index (χ1v) is 9.25. The van der Waals surface area contributed by atoms with Crippen LogP contribution in [0.4, 0.5) is 0 Å². The largest absolute Gasteiger partial charge is 0.0928 e. The standard InChI is InChI=1S/C17H33Br/c1-2-3-4-5-6-7-8-9-10-11-12-13-14-15-16-17-18/h7-8H,2-6,9-17H2,1H3/b8-7+. The van der Waals surface area contributed by atoms with E-state index in [1.807, 2.05) is 0 Å². The summed E-state index contributed by atoms with van der Waals surface area (Å²) in [5.74, 6) is 0. The van der Waals surface area contributed by atoms with E-state index in [9.17, 15) is 0 Å². The molecule has 108 valence electrons. The van der Waals surface area contributed by atoms with Gasteiger partial charge in [-0.3, -0.25) is 0 Å². The molecule has 0 atom stereocenters. The average molecular weight is 317 g/mol. The lowest BCUT2D eigenvalue weighted by molar-refractivity contribution is 0.593. The van der Waals surface area contributed by atoms with Crippen molar-refractivity contribution in [1.29, 1.82) is 0 Å². The number of alkyl halides is 1. The monoisotopic (exact) mass is 316 g/mol. The van der Waals surface area contributed by atoms with Crippen molar-refractivity contribution in [2.45, 2.75) is 90.4 Å². The summed E-state index contributed by atoms with van der Waals surface area (Å²) in [4.78, 5) is 0. The van der Waals surface area contributed by atoms with Crippen molar-refractivity contribution in [3.05, 3.63) is 12.2 Å². The minimum absolute atomic E-state index is 1.18. The first kappa shape index (κ1) is 18.2. The molecule has 0 nitrogen and oxygen atoms in total. The van der Waals surface area contributed by atoms with Crippen LogP contribution in [0.25, 0.3) is 0 Å². The Morgan fingerprint density at radius 3 is 1.56 bits per heavy atom. The number of allylic oxidation sites excluding steroid dienone is 2. The summed E-state index contributed by atoms with van der Waals surface area (Å²) in [6.45, 7) is 2.27. The number of rotatable bonds is 14. The summed E-state index contributed by atoms with van der Waals surface area (Å²) in [6, 6.07) is 0. The van der Waals surface area contributed by atoms with E-state index in [0.29, 0.717) is 0 Å². The summed E-state index contributed by atoms with van der Waals surface area (Å²) in [6.07, 6.45) is 22.8. The van der Waals surface area contributed by atoms with Crippen LogP contribution in [0.3, 0.4) is 0 Å². The number of hydrogen-bond acceptors (Lipinski definition) is 0. The second-order valence-corrected chi connectivity index (χ2v) is 6.07. The molecule has 0 saturated carbocycles. The highest BCUT2D eigenvalue weighted by Gasteiger charge is 1.90. The molecule has 0 heterocycles. The fraction of sp³-hybridized carbons (Fsp3) is 0.882. The van der Waals surface area contributed by atoms with Crippen LogP contribution in [-0.4, -0.2) is 5.33 Å². The zero-order chi connectivity index (χ0) is 13.3. The van der Waals surface area contributed by atoms with Crippen LogP contribution < -0.4 is 0 Å². The molecule has 0 amide bonds. The van der Waals surface area contributed by atoms with Gasteiger partial charge in [-0.05, 0) is 32.1 Å². The number of halogens is 1. The van der Waals surface area contributed by atoms with Gasteiger partial charge in [0.05, 0.1) is 0 Å². The highest BCUT2D eigenvalue weighted by Crippen LogP contribution is 2.10. The van der Waals surface area contributed by atoms with Crippen molar-refractivity contribution in [2.75, 3.05) is 5.33 Å². The molecule has 0 fully saturated rings. The van der Waals surface area contributed by atoms with Gasteiger partial charge in [-0.15, -0.1) is 0 Å². The zero-order valence-corrected chi connectivity index (χ0v) is 14.0. The third-order valence-electron chi connectivity index (χ3n) is 3.40. The normalized spacial score (nSPS) is 11.4. The topological polar surface area (TPSA) is 0 Å². The maximum atomic E-state index is 3.48. The van der Waals surface area contributed by atoms with Gasteiger partial charge >= 0.3 is 0 Å². The lowest BCUT2D eigenvalue weighted by Crippen LogP contribution is -1.81. The Kier molecular flexibility index (Phi) is 17.4. The second-order valence-electron chi connectivity index (χ2n) is 5.27. The summed E-state index contributed by atoms with van der Waals surface area (Å²) < 4.78 is 0. The molecule has 0 aromatic heterocycles. The third kappa shape index (κ3) is 16.2. The van der Waals surface area contributed by atoms with Crippen LogP contribution >= 0.6 is 15.9 Å². The minimum atomic E-state index is 1.18. The van der Waals surface area contributed by atoms with Gasteiger partial charge < -0.3 is 0 Å². The Morgan fingerprint density at radius 1 is 0.611 bits per heavy atom.